The third-order valence-corrected chi connectivity index (χ3v) is 6.13. The lowest BCUT2D eigenvalue weighted by molar-refractivity contribution is -0.665. The monoisotopic (exact) mass is 353 g/mol. The minimum Gasteiger partial charge on any atom is -0.274 e. The van der Waals surface area contributed by atoms with Gasteiger partial charge >= 0.3 is 0 Å². The smallest absolute Gasteiger partial charge is 0.265 e. The molecule has 0 N–H and O–H groups in total. The lowest BCUT2D eigenvalue weighted by Crippen LogP contribution is -2.33. The molecule has 0 saturated carbocycles. The largest absolute Gasteiger partial charge is 0.274 e. The van der Waals surface area contributed by atoms with Crippen LogP contribution in [0.15, 0.2) is 59.6 Å². The molecule has 4 rings (SSSR count). The maximum atomic E-state index is 12.4. The summed E-state index contributed by atoms with van der Waals surface area (Å²) in [6.45, 7) is 3.07. The summed E-state index contributed by atoms with van der Waals surface area (Å²) in [4.78, 5) is 14.2. The predicted octanol–water partition coefficient (Wildman–Crippen LogP) is 4.29. The van der Waals surface area contributed by atoms with Crippen molar-refractivity contribution in [2.45, 2.75) is 13.5 Å². The zero-order valence-corrected chi connectivity index (χ0v) is 14.9. The molecule has 1 saturated heterocycles. The average Bonchev–Trinajstić information content (AvgIpc) is 3.15. The van der Waals surface area contributed by atoms with Gasteiger partial charge in [0, 0.05) is 11.8 Å². The highest BCUT2D eigenvalue weighted by molar-refractivity contribution is 8.04. The molecule has 0 bridgehead atoms. The van der Waals surface area contributed by atoms with Gasteiger partial charge in [-0.05, 0) is 25.1 Å². The second kappa shape index (κ2) is 6.42. The summed E-state index contributed by atoms with van der Waals surface area (Å²) in [7, 11) is 0. The van der Waals surface area contributed by atoms with Gasteiger partial charge in [0.2, 0.25) is 11.4 Å². The first-order chi connectivity index (χ1) is 11.8. The molecular formula is C19H17N2OS2+. The maximum Gasteiger partial charge on any atom is 0.265 e. The number of carbonyl (C=O) groups is 1. The third-order valence-electron chi connectivity index (χ3n) is 4.03. The van der Waals surface area contributed by atoms with Gasteiger partial charge in [-0.1, -0.05) is 53.4 Å². The summed E-state index contributed by atoms with van der Waals surface area (Å²) in [5.74, 6) is 0.638. The normalized spacial score (nSPS) is 16.5. The maximum absolute atomic E-state index is 12.4. The summed E-state index contributed by atoms with van der Waals surface area (Å²) in [6.07, 6.45) is 2.15. The van der Waals surface area contributed by atoms with Crippen molar-refractivity contribution in [1.29, 1.82) is 0 Å². The lowest BCUT2D eigenvalue weighted by Gasteiger charge is -2.16. The second-order valence-corrected chi connectivity index (χ2v) is 7.55. The van der Waals surface area contributed by atoms with Gasteiger partial charge in [0.15, 0.2) is 0 Å². The van der Waals surface area contributed by atoms with Gasteiger partial charge in [0.25, 0.3) is 5.01 Å². The molecule has 3 nitrogen and oxygen atoms in total. The van der Waals surface area contributed by atoms with Crippen LogP contribution in [0.4, 0.5) is 5.69 Å². The Bertz CT molecular complexity index is 931. The van der Waals surface area contributed by atoms with Crippen molar-refractivity contribution >= 4 is 51.0 Å². The van der Waals surface area contributed by atoms with E-state index in [1.54, 1.807) is 23.1 Å². The molecule has 0 aliphatic carbocycles. The highest BCUT2D eigenvalue weighted by Gasteiger charge is 2.29. The highest BCUT2D eigenvalue weighted by atomic mass is 32.2. The Labute approximate surface area is 149 Å². The SMILES string of the molecule is CC[n+]1c(C=C2SCC(=O)N2c2ccccc2)sc2ccccc21. The highest BCUT2D eigenvalue weighted by Crippen LogP contribution is 2.35. The van der Waals surface area contributed by atoms with E-state index in [1.807, 2.05) is 35.2 Å². The molecule has 3 aromatic rings. The van der Waals surface area contributed by atoms with E-state index in [0.717, 1.165) is 17.3 Å². The number of benzene rings is 2. The Morgan fingerprint density at radius 2 is 1.88 bits per heavy atom. The van der Waals surface area contributed by atoms with E-state index in [0.29, 0.717) is 5.75 Å². The number of thioether (sulfide) groups is 1. The minimum absolute atomic E-state index is 0.140. The number of para-hydroxylation sites is 2. The number of nitrogens with zero attached hydrogens (tertiary/aromatic N) is 2. The minimum atomic E-state index is 0.140. The number of rotatable bonds is 3. The Morgan fingerprint density at radius 3 is 2.67 bits per heavy atom. The fourth-order valence-corrected chi connectivity index (χ4v) is 5.10. The first-order valence-electron chi connectivity index (χ1n) is 7.92. The number of carbonyl (C=O) groups excluding carboxylic acids is 1. The zero-order chi connectivity index (χ0) is 16.5. The molecule has 1 amide bonds. The van der Waals surface area contributed by atoms with Gasteiger partial charge in [0.05, 0.1) is 16.9 Å². The van der Waals surface area contributed by atoms with Gasteiger partial charge in [-0.15, -0.1) is 0 Å². The first kappa shape index (κ1) is 15.4. The van der Waals surface area contributed by atoms with Crippen molar-refractivity contribution in [3.63, 3.8) is 0 Å². The molecule has 1 aliphatic rings. The van der Waals surface area contributed by atoms with Crippen molar-refractivity contribution in [1.82, 2.24) is 0 Å². The summed E-state index contributed by atoms with van der Waals surface area (Å²) < 4.78 is 3.58. The number of aryl methyl sites for hydroxylation is 1. The van der Waals surface area contributed by atoms with E-state index in [9.17, 15) is 4.79 Å². The van der Waals surface area contributed by atoms with Crippen LogP contribution in [0.5, 0.6) is 0 Å². The molecule has 2 aromatic carbocycles. The van der Waals surface area contributed by atoms with Gasteiger partial charge in [-0.2, -0.15) is 4.57 Å². The summed E-state index contributed by atoms with van der Waals surface area (Å²) >= 11 is 3.38. The van der Waals surface area contributed by atoms with Crippen LogP contribution < -0.4 is 9.47 Å². The number of hydrogen-bond donors (Lipinski definition) is 0. The molecule has 1 fully saturated rings. The lowest BCUT2D eigenvalue weighted by atomic mass is 10.3. The molecule has 1 aliphatic heterocycles. The summed E-state index contributed by atoms with van der Waals surface area (Å²) in [5, 5.41) is 2.18. The number of fused-ring (bicyclic) bond motifs is 1. The second-order valence-electron chi connectivity index (χ2n) is 5.49. The van der Waals surface area contributed by atoms with Crippen LogP contribution in [0.3, 0.4) is 0 Å². The number of thiazole rings is 1. The van der Waals surface area contributed by atoms with E-state index in [4.69, 9.17) is 0 Å². The molecule has 24 heavy (non-hydrogen) atoms. The molecule has 0 radical (unpaired) electrons. The van der Waals surface area contributed by atoms with E-state index < -0.39 is 0 Å². The van der Waals surface area contributed by atoms with Gasteiger partial charge in [-0.3, -0.25) is 9.69 Å². The van der Waals surface area contributed by atoms with Gasteiger partial charge in [0.1, 0.15) is 11.2 Å². The van der Waals surface area contributed by atoms with Crippen LogP contribution in [-0.4, -0.2) is 11.7 Å². The standard InChI is InChI=1S/C19H17N2OS2/c1-2-20-15-10-6-7-11-16(15)24-18(20)12-19-21(17(22)13-23-19)14-8-4-3-5-9-14/h3-12H,2,13H2,1H3/q+1. The fraction of sp³-hybridized carbons (Fsp3) is 0.158. The molecule has 120 valence electrons. The number of amides is 1. The Kier molecular flexibility index (Phi) is 4.12. The number of anilines is 1. The van der Waals surface area contributed by atoms with Crippen molar-refractivity contribution in [2.24, 2.45) is 0 Å². The van der Waals surface area contributed by atoms with Crippen LogP contribution in [-0.2, 0) is 11.3 Å². The van der Waals surface area contributed by atoms with Gasteiger partial charge < -0.3 is 0 Å². The molecule has 5 heteroatoms. The first-order valence-corrected chi connectivity index (χ1v) is 9.72. The molecule has 2 heterocycles. The van der Waals surface area contributed by atoms with Crippen molar-refractivity contribution in [3.8, 4) is 0 Å². The molecule has 1 aromatic heterocycles. The Hall–Kier alpha value is -2.11. The van der Waals surface area contributed by atoms with Crippen molar-refractivity contribution in [2.75, 3.05) is 10.7 Å². The van der Waals surface area contributed by atoms with Gasteiger partial charge in [-0.25, -0.2) is 0 Å². The molecular weight excluding hydrogens is 336 g/mol. The summed E-state index contributed by atoms with van der Waals surface area (Å²) in [5.41, 5.74) is 2.18. The van der Waals surface area contributed by atoms with E-state index >= 15 is 0 Å². The number of aromatic nitrogens is 1. The van der Waals surface area contributed by atoms with Crippen LogP contribution in [0.2, 0.25) is 0 Å². The molecule has 0 unspecified atom stereocenters. The molecule has 0 atom stereocenters. The summed E-state index contributed by atoms with van der Waals surface area (Å²) in [6, 6.07) is 18.3. The van der Waals surface area contributed by atoms with E-state index in [-0.39, 0.29) is 5.91 Å². The van der Waals surface area contributed by atoms with Crippen LogP contribution in [0.1, 0.15) is 11.9 Å². The van der Waals surface area contributed by atoms with Crippen molar-refractivity contribution in [3.05, 3.63) is 64.6 Å². The van der Waals surface area contributed by atoms with Crippen LogP contribution in [0, 0.1) is 0 Å². The average molecular weight is 353 g/mol. The van der Waals surface area contributed by atoms with Crippen LogP contribution in [0.25, 0.3) is 16.3 Å². The fourth-order valence-electron chi connectivity index (χ4n) is 2.93. The Morgan fingerprint density at radius 1 is 1.12 bits per heavy atom. The van der Waals surface area contributed by atoms with Crippen molar-refractivity contribution < 1.29 is 9.36 Å². The quantitative estimate of drug-likeness (QED) is 0.656. The number of hydrogen-bond acceptors (Lipinski definition) is 3. The Balaban J connectivity index is 1.81. The zero-order valence-electron chi connectivity index (χ0n) is 13.3. The molecule has 0 spiro atoms. The topological polar surface area (TPSA) is 24.2 Å². The van der Waals surface area contributed by atoms with Crippen LogP contribution >= 0.6 is 23.1 Å². The van der Waals surface area contributed by atoms with E-state index in [2.05, 4.69) is 41.8 Å². The van der Waals surface area contributed by atoms with E-state index in [1.165, 1.54) is 15.2 Å². The predicted molar refractivity (Wildman–Crippen MR) is 102 cm³/mol. The third kappa shape index (κ3) is 2.64.